The molecular formula is C47H55N11O8. The normalized spacial score (nSPS) is 16.8. The van der Waals surface area contributed by atoms with E-state index < -0.39 is 59.5 Å². The van der Waals surface area contributed by atoms with Crippen molar-refractivity contribution in [3.8, 4) is 34.3 Å². The first-order valence-corrected chi connectivity index (χ1v) is 21.5. The molecule has 0 unspecified atom stereocenters. The van der Waals surface area contributed by atoms with Crippen LogP contribution in [0.1, 0.15) is 78.6 Å². The Kier molecular flexibility index (Phi) is 14.7. The summed E-state index contributed by atoms with van der Waals surface area (Å²) in [6.07, 6.45) is -0.0922. The fraction of sp³-hybridized carbons (Fsp3) is 0.383. The number of nitrogens with one attached hydrogen (secondary N) is 5. The van der Waals surface area contributed by atoms with Gasteiger partial charge in [0.15, 0.2) is 11.4 Å². The summed E-state index contributed by atoms with van der Waals surface area (Å²) in [5.41, 5.74) is 16.2. The van der Waals surface area contributed by atoms with Crippen molar-refractivity contribution in [2.24, 2.45) is 11.5 Å². The smallest absolute Gasteiger partial charge is 0.417 e. The molecule has 4 atom stereocenters. The number of aromatic amines is 1. The molecule has 0 saturated carbocycles. The van der Waals surface area contributed by atoms with Gasteiger partial charge < -0.3 is 46.8 Å². The molecule has 2 aromatic heterocycles. The van der Waals surface area contributed by atoms with E-state index in [0.29, 0.717) is 34.1 Å². The van der Waals surface area contributed by atoms with Crippen LogP contribution in [0.15, 0.2) is 63.8 Å². The summed E-state index contributed by atoms with van der Waals surface area (Å²) < 4.78 is 11.7. The van der Waals surface area contributed by atoms with Gasteiger partial charge in [-0.15, -0.1) is 0 Å². The first kappa shape index (κ1) is 48.0. The molecule has 3 aromatic carbocycles. The van der Waals surface area contributed by atoms with E-state index in [0.717, 1.165) is 16.0 Å². The van der Waals surface area contributed by atoms with Crippen molar-refractivity contribution < 1.29 is 33.1 Å². The van der Waals surface area contributed by atoms with Crippen LogP contribution in [0.4, 0.5) is 0 Å². The van der Waals surface area contributed by atoms with Crippen LogP contribution in [0.3, 0.4) is 0 Å². The molecule has 4 bridgehead atoms. The Morgan fingerprint density at radius 2 is 1.67 bits per heavy atom. The molecule has 5 aromatic rings. The SMILES string of the molecule is Cc1nc(-c2ccc(C(C)(C)C)cc2)nc(C)c1C(=O)N[C@@H](CCN)C(=O)N(C)[C@@H]1C(=O)N[C@@H](C)C(=O)N[C@H](C(=O)NCC#N)Cc2ccc(OCCN)c(c2)-c2cc1cc1[nH]c(=O)oc21. The number of nitriles is 1. The van der Waals surface area contributed by atoms with Gasteiger partial charge in [0.25, 0.3) is 5.91 Å². The molecule has 3 heterocycles. The van der Waals surface area contributed by atoms with Crippen molar-refractivity contribution in [3.63, 3.8) is 0 Å². The standard InChI is InChI=1S/C47H55N11O8/c1-24-37(25(2)53-40(52-24)28-9-11-30(12-10-28)47(4,5)6)43(61)55-33(14-15-48)45(63)58(7)38-29-22-32(39-34(23-29)57-46(64)66-39)31-20-27(8-13-36(31)65-19-17-50)21-35(42(60)51-18-16-49)56-41(59)26(3)54-44(38)62/h8-13,20,22-23,26,33,35,38H,14-15,17-19,21,48,50H2,1-7H3,(H,51,60)(H,54,62)(H,55,61)(H,56,59)(H,57,64)/t26-,33-,35-,38-/m0/s1. The lowest BCUT2D eigenvalue weighted by molar-refractivity contribution is -0.141. The number of hydrogen-bond donors (Lipinski definition) is 7. The molecule has 346 valence electrons. The summed E-state index contributed by atoms with van der Waals surface area (Å²) in [6.45, 7) is 11.0. The second-order valence-corrected chi connectivity index (χ2v) is 17.2. The first-order chi connectivity index (χ1) is 31.3. The second-order valence-electron chi connectivity index (χ2n) is 17.2. The van der Waals surface area contributed by atoms with E-state index in [1.165, 1.54) is 20.0 Å². The van der Waals surface area contributed by atoms with E-state index >= 15 is 0 Å². The molecule has 0 radical (unpaired) electrons. The summed E-state index contributed by atoms with van der Waals surface area (Å²) in [5.74, 6) is -3.66. The number of carbonyl (C=O) groups excluding carboxylic acids is 5. The minimum atomic E-state index is -1.52. The molecule has 9 N–H and O–H groups in total. The van der Waals surface area contributed by atoms with E-state index in [9.17, 15) is 28.8 Å². The number of nitrogens with zero attached hydrogens (tertiary/aromatic N) is 4. The third kappa shape index (κ3) is 10.6. The number of aromatic nitrogens is 3. The molecule has 19 heteroatoms. The zero-order chi connectivity index (χ0) is 48.0. The lowest BCUT2D eigenvalue weighted by Gasteiger charge is -2.32. The number of ether oxygens (including phenoxy) is 1. The van der Waals surface area contributed by atoms with Crippen molar-refractivity contribution in [1.29, 1.82) is 5.26 Å². The highest BCUT2D eigenvalue weighted by Crippen LogP contribution is 2.39. The van der Waals surface area contributed by atoms with Crippen molar-refractivity contribution >= 4 is 40.6 Å². The number of rotatable bonds is 12. The number of nitrogens with two attached hydrogens (primary N) is 2. The maximum atomic E-state index is 14.7. The van der Waals surface area contributed by atoms with E-state index in [-0.39, 0.29) is 72.3 Å². The number of carbonyl (C=O) groups is 5. The second kappa shape index (κ2) is 20.2. The van der Waals surface area contributed by atoms with Crippen molar-refractivity contribution in [2.45, 2.75) is 84.0 Å². The Morgan fingerprint density at radius 3 is 2.30 bits per heavy atom. The highest BCUT2D eigenvalue weighted by Gasteiger charge is 2.37. The summed E-state index contributed by atoms with van der Waals surface area (Å²) in [6, 6.07) is 12.5. The van der Waals surface area contributed by atoms with E-state index in [4.69, 9.17) is 25.9 Å². The number of fused-ring (bicyclic) bond motifs is 7. The van der Waals surface area contributed by atoms with Crippen molar-refractivity contribution in [2.75, 3.05) is 33.3 Å². The number of oxazole rings is 1. The van der Waals surface area contributed by atoms with Gasteiger partial charge in [0, 0.05) is 36.7 Å². The maximum Gasteiger partial charge on any atom is 0.417 e. The van der Waals surface area contributed by atoms with Crippen LogP contribution in [0, 0.1) is 25.2 Å². The van der Waals surface area contributed by atoms with Gasteiger partial charge in [0.1, 0.15) is 43.1 Å². The van der Waals surface area contributed by atoms with Gasteiger partial charge in [-0.2, -0.15) is 5.26 Å². The maximum absolute atomic E-state index is 14.7. The highest BCUT2D eigenvalue weighted by atomic mass is 16.5. The zero-order valence-corrected chi connectivity index (χ0v) is 38.0. The minimum Gasteiger partial charge on any atom is -0.492 e. The molecule has 0 aliphatic carbocycles. The average Bonchev–Trinajstić information content (AvgIpc) is 3.65. The Balaban J connectivity index is 1.42. The predicted molar refractivity (Wildman–Crippen MR) is 245 cm³/mol. The summed E-state index contributed by atoms with van der Waals surface area (Å²) in [4.78, 5) is 96.5. The van der Waals surface area contributed by atoms with Gasteiger partial charge >= 0.3 is 5.76 Å². The summed E-state index contributed by atoms with van der Waals surface area (Å²) in [5, 5.41) is 19.8. The zero-order valence-electron chi connectivity index (χ0n) is 38.0. The number of amides is 5. The quantitative estimate of drug-likeness (QED) is 0.0887. The number of hydrogen-bond acceptors (Lipinski definition) is 13. The van der Waals surface area contributed by atoms with Gasteiger partial charge in [-0.05, 0) is 80.1 Å². The van der Waals surface area contributed by atoms with Gasteiger partial charge in [-0.1, -0.05) is 51.1 Å². The molecular weight excluding hydrogens is 847 g/mol. The van der Waals surface area contributed by atoms with Gasteiger partial charge in [-0.3, -0.25) is 29.0 Å². The van der Waals surface area contributed by atoms with Gasteiger partial charge in [-0.25, -0.2) is 14.8 Å². The Morgan fingerprint density at radius 1 is 0.970 bits per heavy atom. The number of H-pyrrole nitrogens is 1. The Hall–Kier alpha value is -7.43. The minimum absolute atomic E-state index is 0.0338. The average molecular weight is 902 g/mol. The molecule has 19 nitrogen and oxygen atoms in total. The van der Waals surface area contributed by atoms with E-state index in [1.54, 1.807) is 38.1 Å². The number of likely N-dealkylation sites (N-methyl/N-ethyl adjacent to an activating group) is 1. The molecule has 0 spiro atoms. The van der Waals surface area contributed by atoms with Crippen LogP contribution in [-0.4, -0.2) is 101 Å². The lowest BCUT2D eigenvalue weighted by atomic mass is 9.86. The van der Waals surface area contributed by atoms with Crippen LogP contribution >= 0.6 is 0 Å². The molecule has 0 fully saturated rings. The summed E-state index contributed by atoms with van der Waals surface area (Å²) >= 11 is 0. The van der Waals surface area contributed by atoms with Crippen LogP contribution in [-0.2, 0) is 31.0 Å². The monoisotopic (exact) mass is 901 g/mol. The van der Waals surface area contributed by atoms with Gasteiger partial charge in [0.05, 0.1) is 28.5 Å². The highest BCUT2D eigenvalue weighted by molar-refractivity contribution is 6.01. The van der Waals surface area contributed by atoms with Crippen LogP contribution in [0.25, 0.3) is 33.6 Å². The largest absolute Gasteiger partial charge is 0.492 e. The first-order valence-electron chi connectivity index (χ1n) is 21.5. The van der Waals surface area contributed by atoms with Crippen LogP contribution in [0.2, 0.25) is 0 Å². The Bertz CT molecular complexity index is 2750. The fourth-order valence-corrected chi connectivity index (χ4v) is 7.87. The molecule has 1 aliphatic heterocycles. The molecule has 0 saturated heterocycles. The number of benzene rings is 3. The van der Waals surface area contributed by atoms with E-state index in [2.05, 4.69) is 57.0 Å². The third-order valence-corrected chi connectivity index (χ3v) is 11.3. The van der Waals surface area contributed by atoms with Gasteiger partial charge in [0.2, 0.25) is 23.6 Å². The predicted octanol–water partition coefficient (Wildman–Crippen LogP) is 2.33. The summed E-state index contributed by atoms with van der Waals surface area (Å²) in [7, 11) is 1.36. The molecule has 5 amide bonds. The third-order valence-electron chi connectivity index (χ3n) is 11.3. The molecule has 66 heavy (non-hydrogen) atoms. The van der Waals surface area contributed by atoms with Crippen LogP contribution < -0.4 is 43.2 Å². The number of aryl methyl sites for hydroxylation is 2. The Labute approximate surface area is 381 Å². The van der Waals surface area contributed by atoms with Crippen molar-refractivity contribution in [3.05, 3.63) is 98.8 Å². The van der Waals surface area contributed by atoms with Crippen molar-refractivity contribution in [1.82, 2.24) is 41.1 Å². The lowest BCUT2D eigenvalue weighted by Crippen LogP contribution is -2.56. The molecule has 6 rings (SSSR count). The fourth-order valence-electron chi connectivity index (χ4n) is 7.87. The van der Waals surface area contributed by atoms with E-state index in [1.807, 2.05) is 30.3 Å². The molecule has 1 aliphatic rings. The van der Waals surface area contributed by atoms with Crippen LogP contribution in [0.5, 0.6) is 5.75 Å². The topological polar surface area (TPSA) is 294 Å².